The van der Waals surface area contributed by atoms with Crippen molar-refractivity contribution in [3.8, 4) is 5.75 Å². The van der Waals surface area contributed by atoms with Crippen LogP contribution in [0.3, 0.4) is 0 Å². The molecule has 3 heterocycles. The predicted octanol–water partition coefficient (Wildman–Crippen LogP) is 2.33. The molecule has 2 saturated heterocycles. The van der Waals surface area contributed by atoms with E-state index in [-0.39, 0.29) is 17.5 Å². The fraction of sp³-hybridized carbons (Fsp3) is 0.643. The quantitative estimate of drug-likeness (QED) is 0.771. The molecule has 4 nitrogen and oxygen atoms in total. The summed E-state index contributed by atoms with van der Waals surface area (Å²) >= 11 is 0. The van der Waals surface area contributed by atoms with Crippen LogP contribution in [0.5, 0.6) is 5.75 Å². The smallest absolute Gasteiger partial charge is 0.255 e. The topological polar surface area (TPSA) is 40.6 Å². The third-order valence-electron chi connectivity index (χ3n) is 3.87. The van der Waals surface area contributed by atoms with Gasteiger partial charge in [-0.3, -0.25) is 0 Å². The standard InChI is InChI=1S/C14H18FNO3/c15-13-12(2-1-6-16-13)19-11-3-7-18-14(10-11)4-8-17-9-5-14/h1-2,6,11H,3-5,7-10H2. The van der Waals surface area contributed by atoms with Crippen molar-refractivity contribution < 1.29 is 18.6 Å². The Hall–Kier alpha value is -1.20. The van der Waals surface area contributed by atoms with E-state index in [0.29, 0.717) is 6.61 Å². The Bertz CT molecular complexity index is 429. The Morgan fingerprint density at radius 2 is 2.16 bits per heavy atom. The van der Waals surface area contributed by atoms with Gasteiger partial charge in [-0.25, -0.2) is 4.98 Å². The minimum Gasteiger partial charge on any atom is -0.485 e. The second-order valence-electron chi connectivity index (χ2n) is 5.17. The van der Waals surface area contributed by atoms with E-state index in [0.717, 1.165) is 38.9 Å². The molecular weight excluding hydrogens is 249 g/mol. The largest absolute Gasteiger partial charge is 0.485 e. The molecule has 2 fully saturated rings. The van der Waals surface area contributed by atoms with Crippen LogP contribution in [0.25, 0.3) is 0 Å². The van der Waals surface area contributed by atoms with E-state index in [1.54, 1.807) is 12.1 Å². The lowest BCUT2D eigenvalue weighted by Crippen LogP contribution is -2.47. The summed E-state index contributed by atoms with van der Waals surface area (Å²) in [5, 5.41) is 0. The maximum absolute atomic E-state index is 13.5. The van der Waals surface area contributed by atoms with Crippen LogP contribution in [0.4, 0.5) is 4.39 Å². The van der Waals surface area contributed by atoms with Crippen LogP contribution in [0.1, 0.15) is 25.7 Å². The molecule has 0 amide bonds. The van der Waals surface area contributed by atoms with E-state index >= 15 is 0 Å². The van der Waals surface area contributed by atoms with Crippen LogP contribution in [-0.2, 0) is 9.47 Å². The predicted molar refractivity (Wildman–Crippen MR) is 66.6 cm³/mol. The summed E-state index contributed by atoms with van der Waals surface area (Å²) in [6.45, 7) is 2.12. The maximum atomic E-state index is 13.5. The van der Waals surface area contributed by atoms with Gasteiger partial charge >= 0.3 is 0 Å². The molecule has 1 atom stereocenters. The van der Waals surface area contributed by atoms with Gasteiger partial charge in [0.2, 0.25) is 0 Å². The van der Waals surface area contributed by atoms with Gasteiger partial charge in [-0.2, -0.15) is 4.39 Å². The van der Waals surface area contributed by atoms with Crippen molar-refractivity contribution in [1.29, 1.82) is 0 Å². The summed E-state index contributed by atoms with van der Waals surface area (Å²) in [5.74, 6) is -0.313. The first-order valence-electron chi connectivity index (χ1n) is 6.76. The van der Waals surface area contributed by atoms with Gasteiger partial charge in [-0.05, 0) is 25.0 Å². The Morgan fingerprint density at radius 1 is 1.32 bits per heavy atom. The van der Waals surface area contributed by atoms with Gasteiger partial charge < -0.3 is 14.2 Å². The van der Waals surface area contributed by atoms with Gasteiger partial charge in [-0.15, -0.1) is 0 Å². The molecule has 19 heavy (non-hydrogen) atoms. The SMILES string of the molecule is Fc1ncccc1OC1CCOC2(CCOCC2)C1. The zero-order chi connectivity index (χ0) is 13.1. The van der Waals surface area contributed by atoms with E-state index in [1.165, 1.54) is 6.20 Å². The average molecular weight is 267 g/mol. The summed E-state index contributed by atoms with van der Waals surface area (Å²) < 4.78 is 30.6. The van der Waals surface area contributed by atoms with Crippen LogP contribution < -0.4 is 4.74 Å². The second kappa shape index (κ2) is 5.43. The number of hydrogen-bond donors (Lipinski definition) is 0. The Kier molecular flexibility index (Phi) is 3.66. The first-order valence-corrected chi connectivity index (χ1v) is 6.76. The lowest BCUT2D eigenvalue weighted by atomic mass is 9.85. The molecule has 1 spiro atoms. The second-order valence-corrected chi connectivity index (χ2v) is 5.17. The molecule has 0 bridgehead atoms. The number of halogens is 1. The van der Waals surface area contributed by atoms with Crippen molar-refractivity contribution >= 4 is 0 Å². The van der Waals surface area contributed by atoms with Gasteiger partial charge in [-0.1, -0.05) is 0 Å². The van der Waals surface area contributed by atoms with Gasteiger partial charge in [0.15, 0.2) is 5.75 Å². The lowest BCUT2D eigenvalue weighted by molar-refractivity contribution is -0.156. The molecule has 0 N–H and O–H groups in total. The first kappa shape index (κ1) is 12.8. The lowest BCUT2D eigenvalue weighted by Gasteiger charge is -2.43. The van der Waals surface area contributed by atoms with E-state index in [4.69, 9.17) is 14.2 Å². The summed E-state index contributed by atoms with van der Waals surface area (Å²) in [7, 11) is 0. The molecule has 0 aromatic carbocycles. The van der Waals surface area contributed by atoms with Crippen molar-refractivity contribution in [2.75, 3.05) is 19.8 Å². The minimum absolute atomic E-state index is 0.00875. The highest BCUT2D eigenvalue weighted by Crippen LogP contribution is 2.35. The normalized spacial score (nSPS) is 26.3. The summed E-state index contributed by atoms with van der Waals surface area (Å²) in [6.07, 6.45) is 4.78. The van der Waals surface area contributed by atoms with Gasteiger partial charge in [0.25, 0.3) is 5.95 Å². The summed E-state index contributed by atoms with van der Waals surface area (Å²) in [6, 6.07) is 3.30. The van der Waals surface area contributed by atoms with Crippen LogP contribution in [0.2, 0.25) is 0 Å². The number of pyridine rings is 1. The molecular formula is C14H18FNO3. The zero-order valence-corrected chi connectivity index (χ0v) is 10.8. The molecule has 5 heteroatoms. The Labute approximate surface area is 111 Å². The molecule has 2 aliphatic heterocycles. The number of rotatable bonds is 2. The molecule has 1 aromatic rings. The van der Waals surface area contributed by atoms with Crippen LogP contribution >= 0.6 is 0 Å². The van der Waals surface area contributed by atoms with Crippen LogP contribution in [-0.4, -0.2) is 36.5 Å². The highest BCUT2D eigenvalue weighted by Gasteiger charge is 2.40. The maximum Gasteiger partial charge on any atom is 0.255 e. The van der Waals surface area contributed by atoms with E-state index in [9.17, 15) is 4.39 Å². The van der Waals surface area contributed by atoms with Gasteiger partial charge in [0.1, 0.15) is 6.10 Å². The van der Waals surface area contributed by atoms with Crippen molar-refractivity contribution in [3.05, 3.63) is 24.3 Å². The fourth-order valence-corrected chi connectivity index (χ4v) is 2.81. The van der Waals surface area contributed by atoms with E-state index in [1.807, 2.05) is 0 Å². The van der Waals surface area contributed by atoms with Crippen LogP contribution in [0.15, 0.2) is 18.3 Å². The molecule has 0 aliphatic carbocycles. The van der Waals surface area contributed by atoms with Crippen molar-refractivity contribution in [2.24, 2.45) is 0 Å². The van der Waals surface area contributed by atoms with Gasteiger partial charge in [0, 0.05) is 32.3 Å². The summed E-state index contributed by atoms with van der Waals surface area (Å²) in [5.41, 5.74) is -0.139. The third-order valence-corrected chi connectivity index (χ3v) is 3.87. The summed E-state index contributed by atoms with van der Waals surface area (Å²) in [4.78, 5) is 3.61. The first-order chi connectivity index (χ1) is 9.27. The number of ether oxygens (including phenoxy) is 3. The van der Waals surface area contributed by atoms with Crippen molar-refractivity contribution in [2.45, 2.75) is 37.4 Å². The number of aromatic nitrogens is 1. The number of nitrogens with zero attached hydrogens (tertiary/aromatic N) is 1. The van der Waals surface area contributed by atoms with E-state index < -0.39 is 5.95 Å². The Balaban J connectivity index is 1.67. The highest BCUT2D eigenvalue weighted by molar-refractivity contribution is 5.18. The third kappa shape index (κ3) is 2.87. The fourth-order valence-electron chi connectivity index (χ4n) is 2.81. The molecule has 1 unspecified atom stereocenters. The number of hydrogen-bond acceptors (Lipinski definition) is 4. The van der Waals surface area contributed by atoms with Crippen LogP contribution in [0, 0.1) is 5.95 Å². The molecule has 0 saturated carbocycles. The molecule has 104 valence electrons. The Morgan fingerprint density at radius 3 is 2.95 bits per heavy atom. The molecule has 1 aromatic heterocycles. The average Bonchev–Trinajstić information content (AvgIpc) is 2.42. The van der Waals surface area contributed by atoms with E-state index in [2.05, 4.69) is 4.98 Å². The van der Waals surface area contributed by atoms with Crippen molar-refractivity contribution in [3.63, 3.8) is 0 Å². The molecule has 2 aliphatic rings. The highest BCUT2D eigenvalue weighted by atomic mass is 19.1. The van der Waals surface area contributed by atoms with Crippen molar-refractivity contribution in [1.82, 2.24) is 4.98 Å². The zero-order valence-electron chi connectivity index (χ0n) is 10.8. The molecule has 3 rings (SSSR count). The monoisotopic (exact) mass is 267 g/mol. The minimum atomic E-state index is -0.546. The van der Waals surface area contributed by atoms with Gasteiger partial charge in [0.05, 0.1) is 12.2 Å². The molecule has 0 radical (unpaired) electrons.